The molecule has 0 saturated heterocycles. The van der Waals surface area contributed by atoms with Crippen molar-refractivity contribution in [1.29, 1.82) is 5.26 Å². The zero-order valence-corrected chi connectivity index (χ0v) is 25.5. The van der Waals surface area contributed by atoms with Gasteiger partial charge in [0.1, 0.15) is 11.8 Å². The van der Waals surface area contributed by atoms with E-state index in [9.17, 15) is 19.6 Å². The molecule has 1 aliphatic heterocycles. The lowest BCUT2D eigenvalue weighted by atomic mass is 10.0. The zero-order valence-electron chi connectivity index (χ0n) is 23.9. The molecular formula is C33H30BrN5O4. The maximum atomic E-state index is 14.4. The molecule has 0 spiro atoms. The van der Waals surface area contributed by atoms with Gasteiger partial charge in [0.25, 0.3) is 11.8 Å². The lowest BCUT2D eigenvalue weighted by Gasteiger charge is -2.27. The highest BCUT2D eigenvalue weighted by Gasteiger charge is 2.38. The Hall–Kier alpha value is -4.72. The minimum absolute atomic E-state index is 0.0917. The van der Waals surface area contributed by atoms with E-state index in [0.717, 1.165) is 20.8 Å². The number of halogens is 1. The van der Waals surface area contributed by atoms with Crippen molar-refractivity contribution < 1.29 is 19.1 Å². The molecule has 0 radical (unpaired) electrons. The molecule has 4 aromatic carbocycles. The van der Waals surface area contributed by atoms with Gasteiger partial charge in [0.05, 0.1) is 49.2 Å². The Balaban J connectivity index is 1.66. The number of anilines is 2. The molecule has 9 nitrogen and oxygen atoms in total. The molecule has 0 aliphatic carbocycles. The molecule has 0 aromatic heterocycles. The van der Waals surface area contributed by atoms with Crippen LogP contribution in [0.3, 0.4) is 0 Å². The maximum absolute atomic E-state index is 14.4. The van der Waals surface area contributed by atoms with Crippen LogP contribution in [0.1, 0.15) is 28.4 Å². The summed E-state index contributed by atoms with van der Waals surface area (Å²) in [5.41, 5.74) is 2.59. The normalized spacial score (nSPS) is 15.3. The van der Waals surface area contributed by atoms with Crippen LogP contribution in [0.4, 0.5) is 11.4 Å². The number of methoxy groups -OCH3 is 1. The van der Waals surface area contributed by atoms with E-state index in [1.807, 2.05) is 36.4 Å². The fourth-order valence-electron chi connectivity index (χ4n) is 5.19. The number of carbonyl (C=O) groups is 3. The Morgan fingerprint density at radius 1 is 1.02 bits per heavy atom. The highest BCUT2D eigenvalue weighted by Crippen LogP contribution is 2.38. The number of fused-ring (bicyclic) bond motifs is 2. The number of para-hydroxylation sites is 2. The first-order valence-corrected chi connectivity index (χ1v) is 14.5. The predicted octanol–water partition coefficient (Wildman–Crippen LogP) is 4.77. The Morgan fingerprint density at radius 2 is 1.74 bits per heavy atom. The third-order valence-corrected chi connectivity index (χ3v) is 8.35. The van der Waals surface area contributed by atoms with Gasteiger partial charge in [-0.25, -0.2) is 0 Å². The predicted molar refractivity (Wildman–Crippen MR) is 169 cm³/mol. The number of nitriles is 1. The van der Waals surface area contributed by atoms with Gasteiger partial charge in [-0.2, -0.15) is 5.26 Å². The number of hydrogen-bond donors (Lipinski definition) is 2. The van der Waals surface area contributed by atoms with Gasteiger partial charge in [0.15, 0.2) is 0 Å². The van der Waals surface area contributed by atoms with Crippen molar-refractivity contribution in [1.82, 2.24) is 10.6 Å². The van der Waals surface area contributed by atoms with Crippen LogP contribution >= 0.6 is 15.9 Å². The van der Waals surface area contributed by atoms with Crippen LogP contribution in [0.25, 0.3) is 10.8 Å². The number of ether oxygens (including phenoxy) is 1. The quantitative estimate of drug-likeness (QED) is 0.301. The van der Waals surface area contributed by atoms with Gasteiger partial charge >= 0.3 is 0 Å². The minimum atomic E-state index is -1.05. The topological polar surface area (TPSA) is 115 Å². The Bertz CT molecular complexity index is 1750. The number of amides is 3. The standard InChI is InChI=1S/C33H30BrN5O4/c1-20(36-2)31(40)37-27-19-39(32(41)22-13-11-21(17-35)12-14-22)29-10-5-4-9-28(29)38(33(27)42)18-25-23-7-6-8-26(34)24(23)15-16-30(25)43-3/h4-16,20,27,36H,18-19H2,1-3H3,(H,37,40). The molecule has 0 saturated carbocycles. The Morgan fingerprint density at radius 3 is 2.42 bits per heavy atom. The summed E-state index contributed by atoms with van der Waals surface area (Å²) in [6.07, 6.45) is 0. The highest BCUT2D eigenvalue weighted by molar-refractivity contribution is 9.10. The first kappa shape index (κ1) is 29.8. The van der Waals surface area contributed by atoms with E-state index < -0.39 is 12.1 Å². The molecule has 3 amide bonds. The van der Waals surface area contributed by atoms with E-state index >= 15 is 0 Å². The van der Waals surface area contributed by atoms with Crippen molar-refractivity contribution in [3.63, 3.8) is 0 Å². The molecule has 0 bridgehead atoms. The second-order valence-electron chi connectivity index (χ2n) is 10.2. The fourth-order valence-corrected chi connectivity index (χ4v) is 5.69. The van der Waals surface area contributed by atoms with Crippen molar-refractivity contribution in [3.05, 3.63) is 100 Å². The monoisotopic (exact) mass is 639 g/mol. The molecule has 1 aliphatic rings. The number of nitrogens with one attached hydrogen (secondary N) is 2. The van der Waals surface area contributed by atoms with E-state index in [-0.39, 0.29) is 30.8 Å². The number of hydrogen-bond acceptors (Lipinski definition) is 6. The van der Waals surface area contributed by atoms with Gasteiger partial charge < -0.3 is 25.2 Å². The summed E-state index contributed by atoms with van der Waals surface area (Å²) < 4.78 is 6.65. The summed E-state index contributed by atoms with van der Waals surface area (Å²) in [4.78, 5) is 44.6. The van der Waals surface area contributed by atoms with Gasteiger partial charge in [-0.1, -0.05) is 40.2 Å². The van der Waals surface area contributed by atoms with E-state index in [1.54, 1.807) is 68.4 Å². The van der Waals surface area contributed by atoms with Crippen LogP contribution in [-0.4, -0.2) is 50.5 Å². The fraction of sp³-hybridized carbons (Fsp3) is 0.212. The van der Waals surface area contributed by atoms with E-state index in [0.29, 0.717) is 28.3 Å². The van der Waals surface area contributed by atoms with Gasteiger partial charge in [0, 0.05) is 15.6 Å². The van der Waals surface area contributed by atoms with Crippen molar-refractivity contribution in [2.75, 3.05) is 30.5 Å². The molecular weight excluding hydrogens is 610 g/mol. The van der Waals surface area contributed by atoms with E-state index in [1.165, 1.54) is 4.90 Å². The summed E-state index contributed by atoms with van der Waals surface area (Å²) in [5.74, 6) is -0.494. The van der Waals surface area contributed by atoms with Crippen LogP contribution in [-0.2, 0) is 16.1 Å². The molecule has 4 aromatic rings. The van der Waals surface area contributed by atoms with Crippen molar-refractivity contribution in [2.45, 2.75) is 25.6 Å². The summed E-state index contributed by atoms with van der Waals surface area (Å²) >= 11 is 3.63. The Labute approximate surface area is 258 Å². The van der Waals surface area contributed by atoms with Crippen LogP contribution in [0.15, 0.2) is 83.3 Å². The summed E-state index contributed by atoms with van der Waals surface area (Å²) in [6.45, 7) is 1.73. The van der Waals surface area contributed by atoms with Crippen molar-refractivity contribution in [2.24, 2.45) is 0 Å². The first-order valence-electron chi connectivity index (χ1n) is 13.7. The van der Waals surface area contributed by atoms with Crippen LogP contribution < -0.4 is 25.2 Å². The van der Waals surface area contributed by atoms with Crippen LogP contribution in [0, 0.1) is 11.3 Å². The molecule has 2 unspecified atom stereocenters. The number of rotatable bonds is 7. The zero-order chi connectivity index (χ0) is 30.7. The smallest absolute Gasteiger partial charge is 0.258 e. The highest BCUT2D eigenvalue weighted by atomic mass is 79.9. The van der Waals surface area contributed by atoms with E-state index in [4.69, 9.17) is 4.74 Å². The molecule has 1 heterocycles. The SMILES string of the molecule is CNC(C)C(=O)NC1CN(C(=O)c2ccc(C#N)cc2)c2ccccc2N(Cc2c(OC)ccc3c(Br)cccc23)C1=O. The van der Waals surface area contributed by atoms with Gasteiger partial charge in [-0.15, -0.1) is 0 Å². The Kier molecular flexibility index (Phi) is 8.76. The molecule has 10 heteroatoms. The molecule has 0 fully saturated rings. The van der Waals surface area contributed by atoms with Gasteiger partial charge in [-0.3, -0.25) is 14.4 Å². The number of benzene rings is 4. The third kappa shape index (κ3) is 5.82. The minimum Gasteiger partial charge on any atom is -0.496 e. The second kappa shape index (κ2) is 12.7. The average Bonchev–Trinajstić information content (AvgIpc) is 3.15. The van der Waals surface area contributed by atoms with Gasteiger partial charge in [0.2, 0.25) is 5.91 Å². The van der Waals surface area contributed by atoms with Crippen LogP contribution in [0.2, 0.25) is 0 Å². The summed E-state index contributed by atoms with van der Waals surface area (Å²) in [5, 5.41) is 16.8. The third-order valence-electron chi connectivity index (χ3n) is 7.65. The molecule has 218 valence electrons. The first-order chi connectivity index (χ1) is 20.8. The van der Waals surface area contributed by atoms with Crippen molar-refractivity contribution in [3.8, 4) is 11.8 Å². The van der Waals surface area contributed by atoms with Crippen molar-refractivity contribution >= 4 is 55.8 Å². The molecule has 5 rings (SSSR count). The average molecular weight is 641 g/mol. The number of nitrogens with zero attached hydrogens (tertiary/aromatic N) is 3. The molecule has 2 N–H and O–H groups in total. The number of likely N-dealkylation sites (N-methyl/N-ethyl adjacent to an activating group) is 1. The maximum Gasteiger partial charge on any atom is 0.258 e. The lowest BCUT2D eigenvalue weighted by molar-refractivity contribution is -0.128. The summed E-state index contributed by atoms with van der Waals surface area (Å²) in [7, 11) is 3.24. The lowest BCUT2D eigenvalue weighted by Crippen LogP contribution is -2.55. The summed E-state index contributed by atoms with van der Waals surface area (Å²) in [6, 6.07) is 23.6. The largest absolute Gasteiger partial charge is 0.496 e. The van der Waals surface area contributed by atoms with E-state index in [2.05, 4.69) is 32.6 Å². The molecule has 43 heavy (non-hydrogen) atoms. The van der Waals surface area contributed by atoms with Gasteiger partial charge in [-0.05, 0) is 79.3 Å². The van der Waals surface area contributed by atoms with Crippen LogP contribution in [0.5, 0.6) is 5.75 Å². The second-order valence-corrected chi connectivity index (χ2v) is 11.0. The number of carbonyl (C=O) groups excluding carboxylic acids is 3. The molecule has 2 atom stereocenters.